The second-order valence-electron chi connectivity index (χ2n) is 2.93. The van der Waals surface area contributed by atoms with Crippen molar-refractivity contribution in [2.24, 2.45) is 4.99 Å². The number of hydrogen-bond donors (Lipinski definition) is 1. The normalized spacial score (nSPS) is 23.4. The van der Waals surface area contributed by atoms with Gasteiger partial charge in [-0.05, 0) is 0 Å². The Hall–Kier alpha value is -1.84. The van der Waals surface area contributed by atoms with Gasteiger partial charge in [-0.15, -0.1) is 0 Å². The molecule has 1 heterocycles. The van der Waals surface area contributed by atoms with Crippen molar-refractivity contribution < 1.29 is 9.53 Å². The molecule has 0 radical (unpaired) electrons. The van der Waals surface area contributed by atoms with Crippen LogP contribution in [0.3, 0.4) is 0 Å². The van der Waals surface area contributed by atoms with E-state index in [-0.39, 0.29) is 11.9 Å². The van der Waals surface area contributed by atoms with Crippen LogP contribution in [-0.4, -0.2) is 19.0 Å². The molecule has 0 bridgehead atoms. The van der Waals surface area contributed by atoms with Crippen LogP contribution in [0.4, 0.5) is 0 Å². The summed E-state index contributed by atoms with van der Waals surface area (Å²) in [6.07, 6.45) is -0.560. The largest absolute Gasteiger partial charge is 0.447 e. The van der Waals surface area contributed by atoms with Crippen LogP contribution in [0, 0.1) is 0 Å². The van der Waals surface area contributed by atoms with Gasteiger partial charge in [0.2, 0.25) is 6.10 Å². The number of nitrogens with one attached hydrogen (secondary N) is 1. The highest BCUT2D eigenvalue weighted by molar-refractivity contribution is 6.02. The minimum Gasteiger partial charge on any atom is -0.447 e. The Morgan fingerprint density at radius 2 is 2.07 bits per heavy atom. The average Bonchev–Trinajstić information content (AvgIpc) is 2.61. The molecule has 1 atom stereocenters. The lowest BCUT2D eigenvalue weighted by Gasteiger charge is -2.05. The number of aliphatic imine (C=N–C) groups is 1. The zero-order valence-corrected chi connectivity index (χ0v) is 7.73. The van der Waals surface area contributed by atoms with Crippen LogP contribution in [0.5, 0.6) is 0 Å². The Balaban J connectivity index is 2.25. The number of amidine groups is 1. The van der Waals surface area contributed by atoms with Gasteiger partial charge in [0, 0.05) is 12.6 Å². The van der Waals surface area contributed by atoms with Crippen LogP contribution in [0.1, 0.15) is 11.7 Å². The quantitative estimate of drug-likeness (QED) is 0.714. The lowest BCUT2D eigenvalue weighted by Crippen LogP contribution is -2.21. The van der Waals surface area contributed by atoms with Crippen molar-refractivity contribution in [3.05, 3.63) is 35.9 Å². The number of amides is 1. The lowest BCUT2D eigenvalue weighted by molar-refractivity contribution is -0.123. The van der Waals surface area contributed by atoms with Crippen LogP contribution >= 0.6 is 0 Å². The van der Waals surface area contributed by atoms with Crippen molar-refractivity contribution in [2.45, 2.75) is 6.10 Å². The van der Waals surface area contributed by atoms with Crippen molar-refractivity contribution in [3.63, 3.8) is 0 Å². The molecular formula is C10H10N2O2. The van der Waals surface area contributed by atoms with E-state index in [9.17, 15) is 4.79 Å². The first kappa shape index (κ1) is 8.74. The molecule has 1 fully saturated rings. The second-order valence-corrected chi connectivity index (χ2v) is 2.93. The van der Waals surface area contributed by atoms with Crippen LogP contribution in [0.25, 0.3) is 0 Å². The fraction of sp³-hybridized carbons (Fsp3) is 0.200. The van der Waals surface area contributed by atoms with E-state index in [4.69, 9.17) is 4.74 Å². The first-order valence-electron chi connectivity index (χ1n) is 4.30. The van der Waals surface area contributed by atoms with E-state index in [0.29, 0.717) is 0 Å². The Bertz CT molecular complexity index is 373. The van der Waals surface area contributed by atoms with E-state index < -0.39 is 6.10 Å². The number of ether oxygens (including phenoxy) is 1. The van der Waals surface area contributed by atoms with Gasteiger partial charge in [-0.2, -0.15) is 0 Å². The van der Waals surface area contributed by atoms with Crippen molar-refractivity contribution >= 4 is 11.9 Å². The highest BCUT2D eigenvalue weighted by Gasteiger charge is 2.31. The number of nitrogens with zero attached hydrogens (tertiary/aromatic N) is 1. The monoisotopic (exact) mass is 190 g/mol. The smallest absolute Gasteiger partial charge is 0.292 e. The molecule has 0 saturated carbocycles. The second kappa shape index (κ2) is 3.49. The summed E-state index contributed by atoms with van der Waals surface area (Å²) in [5.41, 5.74) is 0.837. The van der Waals surface area contributed by atoms with Crippen molar-refractivity contribution in [2.75, 3.05) is 7.05 Å². The predicted molar refractivity (Wildman–Crippen MR) is 51.8 cm³/mol. The molecule has 72 valence electrons. The van der Waals surface area contributed by atoms with Gasteiger partial charge in [0.05, 0.1) is 0 Å². The van der Waals surface area contributed by atoms with Crippen LogP contribution in [-0.2, 0) is 9.53 Å². The van der Waals surface area contributed by atoms with Gasteiger partial charge in [-0.3, -0.25) is 10.1 Å². The van der Waals surface area contributed by atoms with Gasteiger partial charge in [-0.1, -0.05) is 30.3 Å². The van der Waals surface area contributed by atoms with Gasteiger partial charge in [0.1, 0.15) is 0 Å². The van der Waals surface area contributed by atoms with Crippen LogP contribution < -0.4 is 5.32 Å². The Labute approximate surface area is 81.6 Å². The summed E-state index contributed by atoms with van der Waals surface area (Å²) >= 11 is 0. The Kier molecular flexibility index (Phi) is 2.18. The van der Waals surface area contributed by atoms with Crippen LogP contribution in [0.15, 0.2) is 35.3 Å². The molecule has 1 aromatic carbocycles. The average molecular weight is 190 g/mol. The fourth-order valence-corrected chi connectivity index (χ4v) is 1.32. The maximum Gasteiger partial charge on any atom is 0.292 e. The first-order chi connectivity index (χ1) is 6.81. The molecular weight excluding hydrogens is 180 g/mol. The number of rotatable bonds is 1. The number of benzene rings is 1. The molecule has 1 N–H and O–H groups in total. The zero-order valence-electron chi connectivity index (χ0n) is 7.73. The molecule has 0 aromatic heterocycles. The maximum absolute atomic E-state index is 11.4. The van der Waals surface area contributed by atoms with E-state index in [0.717, 1.165) is 5.56 Å². The summed E-state index contributed by atoms with van der Waals surface area (Å²) in [5, 5.41) is 2.54. The molecule has 4 nitrogen and oxygen atoms in total. The van der Waals surface area contributed by atoms with E-state index in [1.165, 1.54) is 0 Å². The van der Waals surface area contributed by atoms with Gasteiger partial charge in [0.15, 0.2) is 0 Å². The summed E-state index contributed by atoms with van der Waals surface area (Å²) < 4.78 is 5.30. The summed E-state index contributed by atoms with van der Waals surface area (Å²) in [7, 11) is 1.57. The van der Waals surface area contributed by atoms with E-state index >= 15 is 0 Å². The number of carbonyl (C=O) groups is 1. The maximum atomic E-state index is 11.4. The van der Waals surface area contributed by atoms with Gasteiger partial charge in [-0.25, -0.2) is 4.99 Å². The molecule has 0 spiro atoms. The molecule has 1 amide bonds. The predicted octanol–water partition coefficient (Wildman–Crippen LogP) is 0.860. The highest BCUT2D eigenvalue weighted by Crippen LogP contribution is 2.21. The van der Waals surface area contributed by atoms with Gasteiger partial charge in [0.25, 0.3) is 11.9 Å². The number of hydrogen-bond acceptors (Lipinski definition) is 3. The van der Waals surface area contributed by atoms with Crippen LogP contribution in [0.2, 0.25) is 0 Å². The Morgan fingerprint density at radius 1 is 1.36 bits per heavy atom. The minimum atomic E-state index is -0.560. The van der Waals surface area contributed by atoms with Crippen molar-refractivity contribution in [1.29, 1.82) is 0 Å². The zero-order chi connectivity index (χ0) is 9.97. The standard InChI is InChI=1S/C10H10N2O2/c1-11-10-12-9(13)8(14-10)7-5-3-2-4-6-7/h2-6,8H,1H3,(H,11,12,13). The highest BCUT2D eigenvalue weighted by atomic mass is 16.5. The lowest BCUT2D eigenvalue weighted by atomic mass is 10.1. The summed E-state index contributed by atoms with van der Waals surface area (Å²) in [6.45, 7) is 0. The third kappa shape index (κ3) is 1.46. The molecule has 2 rings (SSSR count). The topological polar surface area (TPSA) is 50.7 Å². The molecule has 1 saturated heterocycles. The molecule has 1 aliphatic heterocycles. The minimum absolute atomic E-state index is 0.170. The molecule has 14 heavy (non-hydrogen) atoms. The first-order valence-corrected chi connectivity index (χ1v) is 4.30. The third-order valence-corrected chi connectivity index (χ3v) is 2.00. The van der Waals surface area contributed by atoms with Gasteiger partial charge >= 0.3 is 0 Å². The van der Waals surface area contributed by atoms with Gasteiger partial charge < -0.3 is 4.74 Å². The fourth-order valence-electron chi connectivity index (χ4n) is 1.32. The van der Waals surface area contributed by atoms with E-state index in [1.54, 1.807) is 7.05 Å². The SMILES string of the molecule is CN=C1NC(=O)C(c2ccccc2)O1. The summed E-state index contributed by atoms with van der Waals surface area (Å²) in [6, 6.07) is 9.61. The Morgan fingerprint density at radius 3 is 2.64 bits per heavy atom. The third-order valence-electron chi connectivity index (χ3n) is 2.00. The summed E-state index contributed by atoms with van der Waals surface area (Å²) in [4.78, 5) is 15.2. The number of carbonyl (C=O) groups excluding carboxylic acids is 1. The molecule has 1 aromatic rings. The van der Waals surface area contributed by atoms with E-state index in [2.05, 4.69) is 10.3 Å². The molecule has 1 unspecified atom stereocenters. The molecule has 1 aliphatic rings. The summed E-state index contributed by atoms with van der Waals surface area (Å²) in [5.74, 6) is -0.170. The van der Waals surface area contributed by atoms with Crippen molar-refractivity contribution in [1.82, 2.24) is 5.32 Å². The van der Waals surface area contributed by atoms with E-state index in [1.807, 2.05) is 30.3 Å². The van der Waals surface area contributed by atoms with Crippen molar-refractivity contribution in [3.8, 4) is 0 Å². The molecule has 4 heteroatoms. The molecule has 0 aliphatic carbocycles.